The zero-order valence-corrected chi connectivity index (χ0v) is 7.51. The van der Waals surface area contributed by atoms with E-state index in [1.54, 1.807) is 6.33 Å². The van der Waals surface area contributed by atoms with Gasteiger partial charge in [0.25, 0.3) is 0 Å². The minimum absolute atomic E-state index is 0.0902. The fourth-order valence-electron chi connectivity index (χ4n) is 1.42. The van der Waals surface area contributed by atoms with Crippen LogP contribution in [0, 0.1) is 0 Å². The van der Waals surface area contributed by atoms with Crippen LogP contribution in [0.2, 0.25) is 0 Å². The highest BCUT2D eigenvalue weighted by Crippen LogP contribution is 2.16. The second-order valence-electron chi connectivity index (χ2n) is 3.17. The smallest absolute Gasteiger partial charge is 0.0961 e. The molecule has 2 aromatic rings. The second kappa shape index (κ2) is 3.18. The zero-order valence-electron chi connectivity index (χ0n) is 7.51. The Hall–Kier alpha value is -1.35. The highest BCUT2D eigenvalue weighted by atomic mass is 16.3. The molecule has 0 aliphatic rings. The summed E-state index contributed by atoms with van der Waals surface area (Å²) in [6.07, 6.45) is 1.77. The van der Waals surface area contributed by atoms with Gasteiger partial charge in [0, 0.05) is 0 Å². The summed E-state index contributed by atoms with van der Waals surface area (Å²) >= 11 is 0. The van der Waals surface area contributed by atoms with Gasteiger partial charge in [0.2, 0.25) is 0 Å². The van der Waals surface area contributed by atoms with Gasteiger partial charge in [0.15, 0.2) is 0 Å². The van der Waals surface area contributed by atoms with Crippen molar-refractivity contribution < 1.29 is 5.11 Å². The predicted molar refractivity (Wildman–Crippen MR) is 51.5 cm³/mol. The molecule has 0 radical (unpaired) electrons. The number of benzene rings is 1. The molecule has 1 aromatic heterocycles. The van der Waals surface area contributed by atoms with Crippen molar-refractivity contribution in [2.24, 2.45) is 0 Å². The molecule has 0 bridgehead atoms. The Morgan fingerprint density at radius 1 is 1.46 bits per heavy atom. The maximum absolute atomic E-state index is 9.02. The van der Waals surface area contributed by atoms with E-state index in [9.17, 15) is 0 Å². The van der Waals surface area contributed by atoms with Crippen LogP contribution in [0.15, 0.2) is 30.6 Å². The summed E-state index contributed by atoms with van der Waals surface area (Å²) in [5, 5.41) is 9.02. The Balaban J connectivity index is 2.57. The largest absolute Gasteiger partial charge is 0.394 e. The minimum atomic E-state index is 0.0902. The van der Waals surface area contributed by atoms with Crippen LogP contribution in [0.1, 0.15) is 13.0 Å². The lowest BCUT2D eigenvalue weighted by atomic mass is 10.3. The van der Waals surface area contributed by atoms with Crippen LogP contribution < -0.4 is 0 Å². The third-order valence-corrected chi connectivity index (χ3v) is 2.22. The van der Waals surface area contributed by atoms with E-state index in [1.165, 1.54) is 0 Å². The van der Waals surface area contributed by atoms with Crippen LogP contribution in [0.5, 0.6) is 0 Å². The number of aromatic nitrogens is 2. The number of aliphatic hydroxyl groups is 1. The van der Waals surface area contributed by atoms with E-state index in [0.29, 0.717) is 0 Å². The van der Waals surface area contributed by atoms with Gasteiger partial charge in [-0.15, -0.1) is 0 Å². The molecule has 3 heteroatoms. The number of hydrogen-bond donors (Lipinski definition) is 1. The first-order valence-electron chi connectivity index (χ1n) is 4.35. The number of fused-ring (bicyclic) bond motifs is 1. The summed E-state index contributed by atoms with van der Waals surface area (Å²) in [6, 6.07) is 8.01. The first-order chi connectivity index (χ1) is 6.33. The Bertz CT molecular complexity index is 408. The molecule has 1 N–H and O–H groups in total. The van der Waals surface area contributed by atoms with E-state index in [1.807, 2.05) is 35.8 Å². The zero-order chi connectivity index (χ0) is 9.26. The van der Waals surface area contributed by atoms with E-state index in [4.69, 9.17) is 5.11 Å². The van der Waals surface area contributed by atoms with Crippen LogP contribution in [-0.4, -0.2) is 21.3 Å². The fourth-order valence-corrected chi connectivity index (χ4v) is 1.42. The number of aliphatic hydroxyl groups excluding tert-OH is 1. The van der Waals surface area contributed by atoms with Crippen molar-refractivity contribution in [2.75, 3.05) is 6.61 Å². The van der Waals surface area contributed by atoms with Gasteiger partial charge in [0.05, 0.1) is 30.0 Å². The summed E-state index contributed by atoms with van der Waals surface area (Å²) < 4.78 is 1.98. The summed E-state index contributed by atoms with van der Waals surface area (Å²) in [7, 11) is 0. The quantitative estimate of drug-likeness (QED) is 0.754. The molecule has 0 saturated heterocycles. The van der Waals surface area contributed by atoms with Gasteiger partial charge in [-0.05, 0) is 19.1 Å². The van der Waals surface area contributed by atoms with Crippen molar-refractivity contribution in [3.63, 3.8) is 0 Å². The Morgan fingerprint density at radius 3 is 3.00 bits per heavy atom. The Labute approximate surface area is 76.6 Å². The molecule has 13 heavy (non-hydrogen) atoms. The molecule has 1 heterocycles. The number of nitrogens with zero attached hydrogens (tertiary/aromatic N) is 2. The van der Waals surface area contributed by atoms with E-state index < -0.39 is 0 Å². The number of para-hydroxylation sites is 2. The molecule has 0 spiro atoms. The highest BCUT2D eigenvalue weighted by Gasteiger charge is 2.06. The van der Waals surface area contributed by atoms with Crippen molar-refractivity contribution in [3.05, 3.63) is 30.6 Å². The molecular formula is C10H12N2O. The van der Waals surface area contributed by atoms with Crippen molar-refractivity contribution in [1.82, 2.24) is 9.55 Å². The first-order valence-corrected chi connectivity index (χ1v) is 4.35. The molecule has 0 saturated carbocycles. The number of imidazole rings is 1. The fraction of sp³-hybridized carbons (Fsp3) is 0.300. The van der Waals surface area contributed by atoms with E-state index in [-0.39, 0.29) is 12.6 Å². The SMILES string of the molecule is CC(CO)n1cnc2ccccc21. The summed E-state index contributed by atoms with van der Waals surface area (Å²) in [4.78, 5) is 4.24. The van der Waals surface area contributed by atoms with E-state index >= 15 is 0 Å². The lowest BCUT2D eigenvalue weighted by Crippen LogP contribution is -2.07. The number of rotatable bonds is 2. The minimum Gasteiger partial charge on any atom is -0.394 e. The lowest BCUT2D eigenvalue weighted by molar-refractivity contribution is 0.241. The molecule has 0 aliphatic heterocycles. The molecular weight excluding hydrogens is 164 g/mol. The Kier molecular flexibility index (Phi) is 2.02. The van der Waals surface area contributed by atoms with Crippen LogP contribution in [0.4, 0.5) is 0 Å². The first kappa shape index (κ1) is 8.26. The average molecular weight is 176 g/mol. The van der Waals surface area contributed by atoms with Gasteiger partial charge in [-0.3, -0.25) is 0 Å². The molecule has 2 rings (SSSR count). The van der Waals surface area contributed by atoms with Crippen molar-refractivity contribution in [3.8, 4) is 0 Å². The van der Waals surface area contributed by atoms with Crippen molar-refractivity contribution >= 4 is 11.0 Å². The summed E-state index contributed by atoms with van der Waals surface area (Å²) in [5.74, 6) is 0. The molecule has 1 aromatic carbocycles. The van der Waals surface area contributed by atoms with Gasteiger partial charge in [-0.2, -0.15) is 0 Å². The summed E-state index contributed by atoms with van der Waals surface area (Å²) in [5.41, 5.74) is 2.05. The molecule has 0 amide bonds. The van der Waals surface area contributed by atoms with Gasteiger partial charge >= 0.3 is 0 Å². The summed E-state index contributed by atoms with van der Waals surface area (Å²) in [6.45, 7) is 2.11. The van der Waals surface area contributed by atoms with E-state index in [2.05, 4.69) is 4.98 Å². The van der Waals surface area contributed by atoms with Crippen LogP contribution >= 0.6 is 0 Å². The highest BCUT2D eigenvalue weighted by molar-refractivity contribution is 5.75. The standard InChI is InChI=1S/C10H12N2O/c1-8(6-13)12-7-11-9-4-2-3-5-10(9)12/h2-5,7-8,13H,6H2,1H3. The monoisotopic (exact) mass is 176 g/mol. The van der Waals surface area contributed by atoms with Gasteiger partial charge < -0.3 is 9.67 Å². The molecule has 0 aliphatic carbocycles. The third kappa shape index (κ3) is 1.31. The molecule has 1 unspecified atom stereocenters. The van der Waals surface area contributed by atoms with Crippen molar-refractivity contribution in [1.29, 1.82) is 0 Å². The molecule has 1 atom stereocenters. The normalized spacial score (nSPS) is 13.4. The van der Waals surface area contributed by atoms with Gasteiger partial charge in [0.1, 0.15) is 0 Å². The second-order valence-corrected chi connectivity index (χ2v) is 3.17. The van der Waals surface area contributed by atoms with Gasteiger partial charge in [-0.1, -0.05) is 12.1 Å². The third-order valence-electron chi connectivity index (χ3n) is 2.22. The molecule has 68 valence electrons. The molecule has 3 nitrogen and oxygen atoms in total. The number of hydrogen-bond acceptors (Lipinski definition) is 2. The lowest BCUT2D eigenvalue weighted by Gasteiger charge is -2.10. The molecule has 0 fully saturated rings. The topological polar surface area (TPSA) is 38.0 Å². The van der Waals surface area contributed by atoms with Crippen LogP contribution in [-0.2, 0) is 0 Å². The van der Waals surface area contributed by atoms with Gasteiger partial charge in [-0.25, -0.2) is 4.98 Å². The van der Waals surface area contributed by atoms with Crippen molar-refractivity contribution in [2.45, 2.75) is 13.0 Å². The Morgan fingerprint density at radius 2 is 2.23 bits per heavy atom. The predicted octanol–water partition coefficient (Wildman–Crippen LogP) is 1.59. The maximum Gasteiger partial charge on any atom is 0.0961 e. The van der Waals surface area contributed by atoms with E-state index in [0.717, 1.165) is 11.0 Å². The average Bonchev–Trinajstić information content (AvgIpc) is 2.60. The maximum atomic E-state index is 9.02. The van der Waals surface area contributed by atoms with Crippen LogP contribution in [0.25, 0.3) is 11.0 Å². The van der Waals surface area contributed by atoms with Crippen LogP contribution in [0.3, 0.4) is 0 Å².